The minimum absolute atomic E-state index is 0.658. The molecule has 0 fully saturated rings. The Hall–Kier alpha value is -2.76. The number of aromatic nitrogens is 2. The van der Waals surface area contributed by atoms with Crippen LogP contribution in [0, 0.1) is 0 Å². The molecule has 0 saturated heterocycles. The first-order chi connectivity index (χ1) is 15.0. The van der Waals surface area contributed by atoms with E-state index in [9.17, 15) is 4.79 Å². The lowest BCUT2D eigenvalue weighted by molar-refractivity contribution is 0.112. The molecule has 3 aromatic rings. The topological polar surface area (TPSA) is 41.4 Å². The molecule has 5 heteroatoms. The summed E-state index contributed by atoms with van der Waals surface area (Å²) in [6.07, 6.45) is 7.26. The van der Waals surface area contributed by atoms with Crippen molar-refractivity contribution in [2.75, 3.05) is 41.3 Å². The Morgan fingerprint density at radius 3 is 2.23 bits per heavy atom. The summed E-state index contributed by atoms with van der Waals surface area (Å²) < 4.78 is 1.90. The molecule has 0 aliphatic heterocycles. The number of carbonyl (C=O) groups is 1. The summed E-state index contributed by atoms with van der Waals surface area (Å²) in [7, 11) is 8.43. The van der Waals surface area contributed by atoms with Gasteiger partial charge in [0.1, 0.15) is 6.29 Å². The quantitative estimate of drug-likeness (QED) is 0.435. The second-order valence-electron chi connectivity index (χ2n) is 8.67. The third-order valence-electron chi connectivity index (χ3n) is 5.41. The molecular formula is C26H34N4O. The molecule has 0 amide bonds. The number of aryl methyl sites for hydroxylation is 2. The van der Waals surface area contributed by atoms with Crippen molar-refractivity contribution in [1.29, 1.82) is 0 Å². The Morgan fingerprint density at radius 2 is 1.58 bits per heavy atom. The third-order valence-corrected chi connectivity index (χ3v) is 5.41. The highest BCUT2D eigenvalue weighted by molar-refractivity contribution is 5.76. The molecule has 2 aromatic carbocycles. The summed E-state index contributed by atoms with van der Waals surface area (Å²) in [5.74, 6) is 0. The van der Waals surface area contributed by atoms with Crippen molar-refractivity contribution < 1.29 is 4.79 Å². The molecule has 31 heavy (non-hydrogen) atoms. The van der Waals surface area contributed by atoms with Gasteiger partial charge in [-0.1, -0.05) is 36.4 Å². The van der Waals surface area contributed by atoms with E-state index < -0.39 is 0 Å². The van der Waals surface area contributed by atoms with Crippen LogP contribution in [0.4, 0.5) is 0 Å². The Morgan fingerprint density at radius 1 is 0.903 bits per heavy atom. The molecular weight excluding hydrogens is 384 g/mol. The molecule has 0 aliphatic rings. The molecule has 164 valence electrons. The van der Waals surface area contributed by atoms with Gasteiger partial charge in [-0.3, -0.25) is 4.79 Å². The minimum Gasteiger partial charge on any atom is -0.309 e. The molecule has 1 heterocycles. The summed E-state index contributed by atoms with van der Waals surface area (Å²) >= 11 is 0. The van der Waals surface area contributed by atoms with E-state index in [0.29, 0.717) is 5.56 Å². The van der Waals surface area contributed by atoms with Crippen LogP contribution in [0.3, 0.4) is 0 Å². The summed E-state index contributed by atoms with van der Waals surface area (Å²) in [5.41, 5.74) is 6.32. The van der Waals surface area contributed by atoms with Crippen LogP contribution in [0.15, 0.2) is 54.7 Å². The van der Waals surface area contributed by atoms with Crippen molar-refractivity contribution in [2.45, 2.75) is 25.7 Å². The second-order valence-corrected chi connectivity index (χ2v) is 8.67. The van der Waals surface area contributed by atoms with Crippen molar-refractivity contribution in [1.82, 2.24) is 19.6 Å². The smallest absolute Gasteiger partial charge is 0.150 e. The van der Waals surface area contributed by atoms with E-state index in [4.69, 9.17) is 5.10 Å². The molecule has 0 bridgehead atoms. The van der Waals surface area contributed by atoms with E-state index in [1.54, 1.807) is 0 Å². The Balaban J connectivity index is 1.86. The van der Waals surface area contributed by atoms with Crippen LogP contribution in [-0.2, 0) is 12.8 Å². The maximum absolute atomic E-state index is 11.2. The molecule has 0 saturated carbocycles. The zero-order chi connectivity index (χ0) is 22.2. The van der Waals surface area contributed by atoms with Crippen LogP contribution in [0.2, 0.25) is 0 Å². The minimum atomic E-state index is 0.658. The molecule has 0 radical (unpaired) electrons. The van der Waals surface area contributed by atoms with Gasteiger partial charge in [-0.2, -0.15) is 5.10 Å². The lowest BCUT2D eigenvalue weighted by Crippen LogP contribution is -2.13. The molecule has 0 aliphatic carbocycles. The maximum Gasteiger partial charge on any atom is 0.150 e. The SMILES string of the molecule is CN(C)CCCc1ccc(-c2nn(-c3cccc(C=O)c3)cc2CCCN(C)C)cc1. The second kappa shape index (κ2) is 11.0. The van der Waals surface area contributed by atoms with Gasteiger partial charge in [0.2, 0.25) is 0 Å². The number of hydrogen-bond donors (Lipinski definition) is 0. The maximum atomic E-state index is 11.2. The standard InChI is InChI=1S/C26H34N4O/c1-28(2)16-6-9-21-12-14-23(15-13-21)26-24(10-7-17-29(3)4)19-30(27-26)25-11-5-8-22(18-25)20-31/h5,8,11-15,18-20H,6-7,9-10,16-17H2,1-4H3. The van der Waals surface area contributed by atoms with Gasteiger partial charge in [0.05, 0.1) is 11.4 Å². The van der Waals surface area contributed by atoms with Crippen molar-refractivity contribution in [3.63, 3.8) is 0 Å². The molecule has 1 aromatic heterocycles. The fourth-order valence-electron chi connectivity index (χ4n) is 3.72. The first-order valence-electron chi connectivity index (χ1n) is 11.0. The molecule has 0 N–H and O–H groups in total. The van der Waals surface area contributed by atoms with E-state index in [-0.39, 0.29) is 0 Å². The third kappa shape index (κ3) is 6.61. The van der Waals surface area contributed by atoms with Crippen molar-refractivity contribution in [3.8, 4) is 16.9 Å². The van der Waals surface area contributed by atoms with Crippen molar-refractivity contribution in [2.24, 2.45) is 0 Å². The van der Waals surface area contributed by atoms with Crippen LogP contribution in [0.5, 0.6) is 0 Å². The van der Waals surface area contributed by atoms with Gasteiger partial charge in [0, 0.05) is 17.3 Å². The fraction of sp³-hybridized carbons (Fsp3) is 0.385. The molecule has 3 rings (SSSR count). The van der Waals surface area contributed by atoms with Gasteiger partial charge < -0.3 is 9.80 Å². The van der Waals surface area contributed by atoms with Crippen molar-refractivity contribution in [3.05, 3.63) is 71.4 Å². The number of benzene rings is 2. The van der Waals surface area contributed by atoms with E-state index in [0.717, 1.165) is 62.0 Å². The van der Waals surface area contributed by atoms with E-state index in [1.165, 1.54) is 11.1 Å². The van der Waals surface area contributed by atoms with Gasteiger partial charge in [-0.25, -0.2) is 4.68 Å². The number of carbonyl (C=O) groups excluding carboxylic acids is 1. The summed E-state index contributed by atoms with van der Waals surface area (Å²) in [6.45, 7) is 2.14. The molecule has 0 atom stereocenters. The van der Waals surface area contributed by atoms with Crippen molar-refractivity contribution >= 4 is 6.29 Å². The van der Waals surface area contributed by atoms with Gasteiger partial charge in [-0.15, -0.1) is 0 Å². The summed E-state index contributed by atoms with van der Waals surface area (Å²) in [6, 6.07) is 16.4. The lowest BCUT2D eigenvalue weighted by atomic mass is 10.0. The highest BCUT2D eigenvalue weighted by Gasteiger charge is 2.13. The monoisotopic (exact) mass is 418 g/mol. The molecule has 0 unspecified atom stereocenters. The van der Waals surface area contributed by atoms with Crippen LogP contribution in [0.1, 0.15) is 34.3 Å². The highest BCUT2D eigenvalue weighted by Crippen LogP contribution is 2.26. The van der Waals surface area contributed by atoms with E-state index in [2.05, 4.69) is 68.5 Å². The lowest BCUT2D eigenvalue weighted by Gasteiger charge is -2.10. The fourth-order valence-corrected chi connectivity index (χ4v) is 3.72. The van der Waals surface area contributed by atoms with Gasteiger partial charge in [-0.05, 0) is 90.2 Å². The molecule has 5 nitrogen and oxygen atoms in total. The number of hydrogen-bond acceptors (Lipinski definition) is 4. The Kier molecular flexibility index (Phi) is 8.15. The number of rotatable bonds is 11. The number of nitrogens with zero attached hydrogens (tertiary/aromatic N) is 4. The Bertz CT molecular complexity index is 973. The van der Waals surface area contributed by atoms with Crippen LogP contribution in [0.25, 0.3) is 16.9 Å². The average Bonchev–Trinajstić information content (AvgIpc) is 3.18. The Labute approximate surface area is 186 Å². The normalized spacial score (nSPS) is 11.4. The largest absolute Gasteiger partial charge is 0.309 e. The number of aldehydes is 1. The zero-order valence-corrected chi connectivity index (χ0v) is 19.2. The highest BCUT2D eigenvalue weighted by atomic mass is 16.1. The van der Waals surface area contributed by atoms with E-state index >= 15 is 0 Å². The summed E-state index contributed by atoms with van der Waals surface area (Å²) in [5, 5.41) is 4.92. The van der Waals surface area contributed by atoms with Gasteiger partial charge >= 0.3 is 0 Å². The first kappa shape index (κ1) is 22.9. The van der Waals surface area contributed by atoms with Gasteiger partial charge in [0.25, 0.3) is 0 Å². The first-order valence-corrected chi connectivity index (χ1v) is 11.0. The van der Waals surface area contributed by atoms with Crippen LogP contribution in [-0.4, -0.2) is 67.1 Å². The predicted molar refractivity (Wildman–Crippen MR) is 128 cm³/mol. The summed E-state index contributed by atoms with van der Waals surface area (Å²) in [4.78, 5) is 15.6. The molecule has 0 spiro atoms. The average molecular weight is 419 g/mol. The zero-order valence-electron chi connectivity index (χ0n) is 19.2. The van der Waals surface area contributed by atoms with E-state index in [1.807, 2.05) is 28.9 Å². The van der Waals surface area contributed by atoms with Gasteiger partial charge in [0.15, 0.2) is 0 Å². The van der Waals surface area contributed by atoms with Crippen LogP contribution >= 0.6 is 0 Å². The van der Waals surface area contributed by atoms with Crippen LogP contribution < -0.4 is 0 Å². The predicted octanol–water partition coefficient (Wildman–Crippen LogP) is 4.34.